The summed E-state index contributed by atoms with van der Waals surface area (Å²) in [5.41, 5.74) is 5.33. The number of nitrogens with one attached hydrogen (secondary N) is 1. The predicted octanol–water partition coefficient (Wildman–Crippen LogP) is 1.61. The van der Waals surface area contributed by atoms with Gasteiger partial charge in [0.25, 0.3) is 11.8 Å². The number of rotatable bonds is 8. The zero-order chi connectivity index (χ0) is 17.4. The van der Waals surface area contributed by atoms with Gasteiger partial charge in [0, 0.05) is 0 Å². The molecule has 0 heterocycles. The van der Waals surface area contributed by atoms with E-state index in [1.165, 1.54) is 18.7 Å². The molecule has 0 aliphatic carbocycles. The first-order valence-corrected chi connectivity index (χ1v) is 8.68. The first-order valence-electron chi connectivity index (χ1n) is 6.91. The van der Waals surface area contributed by atoms with Gasteiger partial charge in [0.05, 0.1) is 10.6 Å². The van der Waals surface area contributed by atoms with Gasteiger partial charge >= 0.3 is 5.97 Å². The topological polar surface area (TPSA) is 98.5 Å². The molecule has 1 rings (SSSR count). The number of thioether (sulfide) groups is 1. The molecule has 23 heavy (non-hydrogen) atoms. The van der Waals surface area contributed by atoms with Crippen molar-refractivity contribution in [3.63, 3.8) is 0 Å². The Bertz CT molecular complexity index is 582. The molecule has 0 aliphatic rings. The smallest absolute Gasteiger partial charge is 0.329 e. The number of esters is 1. The van der Waals surface area contributed by atoms with Crippen LogP contribution in [0.1, 0.15) is 23.7 Å². The molecule has 0 spiro atoms. The van der Waals surface area contributed by atoms with E-state index in [-0.39, 0.29) is 10.6 Å². The van der Waals surface area contributed by atoms with Crippen LogP contribution in [0.25, 0.3) is 0 Å². The summed E-state index contributed by atoms with van der Waals surface area (Å²) in [6.07, 6.45) is 1.18. The van der Waals surface area contributed by atoms with E-state index in [0.29, 0.717) is 12.2 Å². The van der Waals surface area contributed by atoms with E-state index in [1.54, 1.807) is 24.3 Å². The van der Waals surface area contributed by atoms with Gasteiger partial charge in [0.1, 0.15) is 6.04 Å². The number of primary amides is 1. The molecular weight excluding hydrogens is 340 g/mol. The number of ether oxygens (including phenoxy) is 1. The van der Waals surface area contributed by atoms with Crippen LogP contribution in [0, 0.1) is 0 Å². The van der Waals surface area contributed by atoms with Crippen molar-refractivity contribution in [2.24, 2.45) is 5.73 Å². The van der Waals surface area contributed by atoms with E-state index < -0.39 is 29.9 Å². The Hall–Kier alpha value is -1.73. The predicted molar refractivity (Wildman–Crippen MR) is 90.5 cm³/mol. The molecule has 1 aromatic carbocycles. The largest absolute Gasteiger partial charge is 0.451 e. The van der Waals surface area contributed by atoms with Gasteiger partial charge in [0.15, 0.2) is 6.10 Å². The Labute approximate surface area is 144 Å². The van der Waals surface area contributed by atoms with Crippen LogP contribution in [0.2, 0.25) is 5.02 Å². The van der Waals surface area contributed by atoms with E-state index in [0.717, 1.165) is 0 Å². The van der Waals surface area contributed by atoms with Crippen molar-refractivity contribution in [2.45, 2.75) is 25.5 Å². The summed E-state index contributed by atoms with van der Waals surface area (Å²) in [6, 6.07) is 5.63. The minimum absolute atomic E-state index is 0.263. The van der Waals surface area contributed by atoms with Crippen LogP contribution >= 0.6 is 23.4 Å². The second kappa shape index (κ2) is 9.42. The Morgan fingerprint density at radius 1 is 1.35 bits per heavy atom. The van der Waals surface area contributed by atoms with Crippen LogP contribution in [0.4, 0.5) is 0 Å². The lowest BCUT2D eigenvalue weighted by Crippen LogP contribution is -2.44. The van der Waals surface area contributed by atoms with E-state index in [9.17, 15) is 14.4 Å². The number of carbonyl (C=O) groups excluding carboxylic acids is 3. The van der Waals surface area contributed by atoms with Gasteiger partial charge < -0.3 is 15.8 Å². The third kappa shape index (κ3) is 6.11. The monoisotopic (exact) mass is 358 g/mol. The summed E-state index contributed by atoms with van der Waals surface area (Å²) < 4.78 is 4.97. The molecule has 0 radical (unpaired) electrons. The average Bonchev–Trinajstić information content (AvgIpc) is 2.51. The average molecular weight is 359 g/mol. The fourth-order valence-corrected chi connectivity index (χ4v) is 2.37. The van der Waals surface area contributed by atoms with Gasteiger partial charge in [-0.1, -0.05) is 23.7 Å². The van der Waals surface area contributed by atoms with Crippen molar-refractivity contribution >= 4 is 41.1 Å². The second-order valence-corrected chi connectivity index (χ2v) is 6.16. The molecule has 0 aromatic heterocycles. The van der Waals surface area contributed by atoms with Crippen LogP contribution in [-0.2, 0) is 14.3 Å². The molecule has 0 saturated carbocycles. The molecule has 3 N–H and O–H groups in total. The van der Waals surface area contributed by atoms with E-state index in [1.807, 2.05) is 6.26 Å². The van der Waals surface area contributed by atoms with E-state index in [2.05, 4.69) is 5.32 Å². The number of carbonyl (C=O) groups is 3. The van der Waals surface area contributed by atoms with Gasteiger partial charge in [-0.05, 0) is 37.5 Å². The maximum Gasteiger partial charge on any atom is 0.329 e. The lowest BCUT2D eigenvalue weighted by Gasteiger charge is -2.19. The minimum atomic E-state index is -1.06. The summed E-state index contributed by atoms with van der Waals surface area (Å²) in [7, 11) is 0. The maximum absolute atomic E-state index is 12.3. The van der Waals surface area contributed by atoms with Crippen molar-refractivity contribution in [1.29, 1.82) is 0 Å². The van der Waals surface area contributed by atoms with Crippen molar-refractivity contribution in [3.05, 3.63) is 34.9 Å². The standard InChI is InChI=1S/C15H19ClN2O4S/c1-9(13(17)19)22-15(21)12(7-8-23-2)18-14(20)10-5-3-4-6-11(10)16/h3-6,9,12H,7-8H2,1-2H3,(H2,17,19)(H,18,20)/t9-,12+/m0/s1. The summed E-state index contributed by atoms with van der Waals surface area (Å²) in [5, 5.41) is 2.87. The fraction of sp³-hybridized carbons (Fsp3) is 0.400. The number of benzene rings is 1. The van der Waals surface area contributed by atoms with Gasteiger partial charge in [-0.3, -0.25) is 9.59 Å². The highest BCUT2D eigenvalue weighted by Gasteiger charge is 2.26. The van der Waals surface area contributed by atoms with Crippen molar-refractivity contribution in [3.8, 4) is 0 Å². The lowest BCUT2D eigenvalue weighted by molar-refractivity contribution is -0.155. The summed E-state index contributed by atoms with van der Waals surface area (Å²) in [5.74, 6) is -1.30. The molecule has 0 saturated heterocycles. The van der Waals surface area contributed by atoms with Crippen LogP contribution < -0.4 is 11.1 Å². The molecule has 0 fully saturated rings. The quantitative estimate of drug-likeness (QED) is 0.688. The minimum Gasteiger partial charge on any atom is -0.451 e. The molecule has 126 valence electrons. The SMILES string of the molecule is CSCC[C@@H](NC(=O)c1ccccc1Cl)C(=O)O[C@@H](C)C(N)=O. The van der Waals surface area contributed by atoms with Gasteiger partial charge in [-0.2, -0.15) is 11.8 Å². The number of amides is 2. The van der Waals surface area contributed by atoms with Crippen LogP contribution in [0.3, 0.4) is 0 Å². The van der Waals surface area contributed by atoms with Gasteiger partial charge in [0.2, 0.25) is 0 Å². The Morgan fingerprint density at radius 2 is 2.00 bits per heavy atom. The molecule has 0 bridgehead atoms. The zero-order valence-electron chi connectivity index (χ0n) is 12.9. The van der Waals surface area contributed by atoms with Crippen LogP contribution in [0.15, 0.2) is 24.3 Å². The first-order chi connectivity index (χ1) is 10.9. The number of hydrogen-bond donors (Lipinski definition) is 2. The van der Waals surface area contributed by atoms with Crippen LogP contribution in [-0.4, -0.2) is 41.9 Å². The molecule has 0 unspecified atom stereocenters. The van der Waals surface area contributed by atoms with E-state index >= 15 is 0 Å². The zero-order valence-corrected chi connectivity index (χ0v) is 14.4. The third-order valence-corrected chi connectivity index (χ3v) is 3.99. The number of halogens is 1. The highest BCUT2D eigenvalue weighted by molar-refractivity contribution is 7.98. The Morgan fingerprint density at radius 3 is 2.57 bits per heavy atom. The highest BCUT2D eigenvalue weighted by atomic mass is 35.5. The molecule has 8 heteroatoms. The molecule has 6 nitrogen and oxygen atoms in total. The maximum atomic E-state index is 12.3. The van der Waals surface area contributed by atoms with Crippen molar-refractivity contribution in [1.82, 2.24) is 5.32 Å². The Balaban J connectivity index is 2.81. The van der Waals surface area contributed by atoms with E-state index in [4.69, 9.17) is 22.1 Å². The fourth-order valence-electron chi connectivity index (χ4n) is 1.68. The molecule has 2 amide bonds. The molecule has 2 atom stereocenters. The number of nitrogens with two attached hydrogens (primary N) is 1. The third-order valence-electron chi connectivity index (χ3n) is 3.01. The lowest BCUT2D eigenvalue weighted by atomic mass is 10.1. The molecular formula is C15H19ClN2O4S. The Kier molecular flexibility index (Phi) is 7.91. The van der Waals surface area contributed by atoms with Gasteiger partial charge in [-0.15, -0.1) is 0 Å². The molecule has 1 aromatic rings. The first kappa shape index (κ1) is 19.3. The summed E-state index contributed by atoms with van der Waals surface area (Å²) in [6.45, 7) is 1.38. The van der Waals surface area contributed by atoms with Crippen molar-refractivity contribution < 1.29 is 19.1 Å². The van der Waals surface area contributed by atoms with Crippen molar-refractivity contribution in [2.75, 3.05) is 12.0 Å². The highest BCUT2D eigenvalue weighted by Crippen LogP contribution is 2.15. The summed E-state index contributed by atoms with van der Waals surface area (Å²) >= 11 is 7.49. The number of hydrogen-bond acceptors (Lipinski definition) is 5. The molecule has 0 aliphatic heterocycles. The summed E-state index contributed by atoms with van der Waals surface area (Å²) in [4.78, 5) is 35.4. The van der Waals surface area contributed by atoms with Gasteiger partial charge in [-0.25, -0.2) is 4.79 Å². The normalized spacial score (nSPS) is 13.0. The van der Waals surface area contributed by atoms with Crippen LogP contribution in [0.5, 0.6) is 0 Å². The second-order valence-electron chi connectivity index (χ2n) is 4.77.